The fourth-order valence-corrected chi connectivity index (χ4v) is 2.31. The van der Waals surface area contributed by atoms with E-state index in [2.05, 4.69) is 41.5 Å². The Bertz CT molecular complexity index is 462. The summed E-state index contributed by atoms with van der Waals surface area (Å²) in [5.74, 6) is 0. The van der Waals surface area contributed by atoms with Crippen LogP contribution in [0.25, 0.3) is 0 Å². The van der Waals surface area contributed by atoms with E-state index in [-0.39, 0.29) is 0 Å². The van der Waals surface area contributed by atoms with Gasteiger partial charge in [0.05, 0.1) is 11.6 Å². The van der Waals surface area contributed by atoms with Crippen molar-refractivity contribution < 1.29 is 0 Å². The maximum Gasteiger partial charge on any atom is 0.0897 e. The molecule has 3 heteroatoms. The fraction of sp³-hybridized carbons (Fsp3) is 0.308. The molecule has 0 fully saturated rings. The summed E-state index contributed by atoms with van der Waals surface area (Å²) in [5, 5.41) is 4.54. The van der Waals surface area contributed by atoms with Crippen molar-refractivity contribution in [2.45, 2.75) is 26.8 Å². The van der Waals surface area contributed by atoms with Crippen LogP contribution in [0.5, 0.6) is 0 Å². The highest BCUT2D eigenvalue weighted by Gasteiger charge is 1.98. The molecule has 0 aliphatic rings. The normalized spacial score (nSPS) is 10.4. The van der Waals surface area contributed by atoms with Crippen LogP contribution in [0.2, 0.25) is 0 Å². The zero-order valence-corrected chi connectivity index (χ0v) is 10.5. The Hall–Kier alpha value is -1.35. The predicted octanol–water partition coefficient (Wildman–Crippen LogP) is 3.63. The number of nitrogens with zero attached hydrogens (tertiary/aromatic N) is 1. The molecule has 2 rings (SSSR count). The molecule has 0 bridgehead atoms. The third kappa shape index (κ3) is 2.83. The minimum atomic E-state index is 0.860. The number of aryl methyl sites for hydroxylation is 2. The van der Waals surface area contributed by atoms with E-state index >= 15 is 0 Å². The van der Waals surface area contributed by atoms with Crippen molar-refractivity contribution in [3.63, 3.8) is 0 Å². The standard InChI is InChI=1S/C13H16N2S/c1-3-11-5-4-6-12(7-11)15-9-13-8-14-10(2)16-13/h4-8,15H,3,9H2,1-2H3. The molecule has 2 aromatic rings. The van der Waals surface area contributed by atoms with Crippen molar-refractivity contribution in [3.05, 3.63) is 45.9 Å². The first-order valence-electron chi connectivity index (χ1n) is 5.52. The van der Waals surface area contributed by atoms with Crippen LogP contribution < -0.4 is 5.32 Å². The molecule has 0 amide bonds. The molecule has 1 aromatic carbocycles. The molecule has 84 valence electrons. The van der Waals surface area contributed by atoms with Crippen molar-refractivity contribution in [2.24, 2.45) is 0 Å². The molecule has 16 heavy (non-hydrogen) atoms. The van der Waals surface area contributed by atoms with Gasteiger partial charge in [-0.05, 0) is 31.0 Å². The van der Waals surface area contributed by atoms with Crippen molar-refractivity contribution in [3.8, 4) is 0 Å². The lowest BCUT2D eigenvalue weighted by Crippen LogP contribution is -1.97. The number of aromatic nitrogens is 1. The zero-order valence-electron chi connectivity index (χ0n) is 9.66. The molecule has 0 unspecified atom stereocenters. The van der Waals surface area contributed by atoms with Crippen molar-refractivity contribution in [1.29, 1.82) is 0 Å². The second kappa shape index (κ2) is 5.12. The van der Waals surface area contributed by atoms with E-state index in [4.69, 9.17) is 0 Å². The van der Waals surface area contributed by atoms with Gasteiger partial charge in [0.2, 0.25) is 0 Å². The summed E-state index contributed by atoms with van der Waals surface area (Å²) in [6, 6.07) is 8.56. The molecular weight excluding hydrogens is 216 g/mol. The van der Waals surface area contributed by atoms with Crippen LogP contribution in [0.1, 0.15) is 22.4 Å². The largest absolute Gasteiger partial charge is 0.380 e. The van der Waals surface area contributed by atoms with Gasteiger partial charge in [-0.1, -0.05) is 19.1 Å². The van der Waals surface area contributed by atoms with Crippen molar-refractivity contribution in [2.75, 3.05) is 5.32 Å². The molecule has 0 saturated heterocycles. The monoisotopic (exact) mass is 232 g/mol. The van der Waals surface area contributed by atoms with E-state index in [1.165, 1.54) is 16.1 Å². The van der Waals surface area contributed by atoms with Crippen molar-refractivity contribution in [1.82, 2.24) is 4.98 Å². The van der Waals surface area contributed by atoms with Crippen LogP contribution in [-0.4, -0.2) is 4.98 Å². The van der Waals surface area contributed by atoms with Gasteiger partial charge in [-0.3, -0.25) is 0 Å². The minimum absolute atomic E-state index is 0.860. The third-order valence-corrected chi connectivity index (χ3v) is 3.38. The molecule has 2 nitrogen and oxygen atoms in total. The summed E-state index contributed by atoms with van der Waals surface area (Å²) in [4.78, 5) is 5.52. The van der Waals surface area contributed by atoms with Gasteiger partial charge >= 0.3 is 0 Å². The van der Waals surface area contributed by atoms with Gasteiger partial charge in [0, 0.05) is 16.8 Å². The van der Waals surface area contributed by atoms with Crippen LogP contribution in [0.15, 0.2) is 30.5 Å². The summed E-state index contributed by atoms with van der Waals surface area (Å²) in [7, 11) is 0. The van der Waals surface area contributed by atoms with E-state index in [0.717, 1.165) is 18.0 Å². The first-order valence-corrected chi connectivity index (χ1v) is 6.33. The lowest BCUT2D eigenvalue weighted by Gasteiger charge is -2.05. The van der Waals surface area contributed by atoms with E-state index in [9.17, 15) is 0 Å². The highest BCUT2D eigenvalue weighted by molar-refractivity contribution is 7.11. The van der Waals surface area contributed by atoms with Crippen LogP contribution in [-0.2, 0) is 13.0 Å². The smallest absolute Gasteiger partial charge is 0.0897 e. The number of benzene rings is 1. The number of hydrogen-bond donors (Lipinski definition) is 1. The van der Waals surface area contributed by atoms with Gasteiger partial charge in [-0.25, -0.2) is 4.98 Å². The van der Waals surface area contributed by atoms with Gasteiger partial charge in [-0.15, -0.1) is 11.3 Å². The summed E-state index contributed by atoms with van der Waals surface area (Å²) in [5.41, 5.74) is 2.55. The highest BCUT2D eigenvalue weighted by atomic mass is 32.1. The molecular formula is C13H16N2S. The molecule has 0 spiro atoms. The van der Waals surface area contributed by atoms with E-state index in [1.54, 1.807) is 11.3 Å². The van der Waals surface area contributed by atoms with Crippen LogP contribution >= 0.6 is 11.3 Å². The Balaban J connectivity index is 1.99. The molecule has 0 aliphatic carbocycles. The summed E-state index contributed by atoms with van der Waals surface area (Å²) >= 11 is 1.74. The molecule has 1 aromatic heterocycles. The summed E-state index contributed by atoms with van der Waals surface area (Å²) in [6.45, 7) is 5.07. The second-order valence-corrected chi connectivity index (χ2v) is 5.07. The average Bonchev–Trinajstić information content (AvgIpc) is 2.73. The summed E-state index contributed by atoms with van der Waals surface area (Å²) < 4.78 is 0. The van der Waals surface area contributed by atoms with Crippen molar-refractivity contribution >= 4 is 17.0 Å². The molecule has 0 atom stereocenters. The van der Waals surface area contributed by atoms with Gasteiger partial charge in [0.1, 0.15) is 0 Å². The van der Waals surface area contributed by atoms with Crippen LogP contribution in [0, 0.1) is 6.92 Å². The van der Waals surface area contributed by atoms with Crippen LogP contribution in [0.3, 0.4) is 0 Å². The lowest BCUT2D eigenvalue weighted by atomic mass is 10.1. The number of hydrogen-bond acceptors (Lipinski definition) is 3. The number of rotatable bonds is 4. The topological polar surface area (TPSA) is 24.9 Å². The molecule has 1 N–H and O–H groups in total. The minimum Gasteiger partial charge on any atom is -0.380 e. The molecule has 1 heterocycles. The SMILES string of the molecule is CCc1cccc(NCc2cnc(C)s2)c1. The predicted molar refractivity (Wildman–Crippen MR) is 70.0 cm³/mol. The number of nitrogens with one attached hydrogen (secondary N) is 1. The zero-order chi connectivity index (χ0) is 11.4. The maximum atomic E-state index is 4.24. The van der Waals surface area contributed by atoms with E-state index < -0.39 is 0 Å². The quantitative estimate of drug-likeness (QED) is 0.870. The maximum absolute atomic E-state index is 4.24. The molecule has 0 saturated carbocycles. The summed E-state index contributed by atoms with van der Waals surface area (Å²) in [6.07, 6.45) is 3.02. The Morgan fingerprint density at radius 3 is 2.94 bits per heavy atom. The Labute approximate surface area is 100 Å². The lowest BCUT2D eigenvalue weighted by molar-refractivity contribution is 1.12. The first kappa shape index (κ1) is 11.1. The van der Waals surface area contributed by atoms with Gasteiger partial charge in [-0.2, -0.15) is 0 Å². The first-order chi connectivity index (χ1) is 7.78. The van der Waals surface area contributed by atoms with Gasteiger partial charge in [0.15, 0.2) is 0 Å². The Morgan fingerprint density at radius 2 is 2.25 bits per heavy atom. The van der Waals surface area contributed by atoms with Gasteiger partial charge < -0.3 is 5.32 Å². The highest BCUT2D eigenvalue weighted by Crippen LogP contribution is 2.15. The second-order valence-electron chi connectivity index (χ2n) is 3.75. The number of anilines is 1. The van der Waals surface area contributed by atoms with Crippen LogP contribution in [0.4, 0.5) is 5.69 Å². The third-order valence-electron chi connectivity index (χ3n) is 2.47. The Morgan fingerprint density at radius 1 is 1.38 bits per heavy atom. The van der Waals surface area contributed by atoms with E-state index in [0.29, 0.717) is 0 Å². The molecule has 0 radical (unpaired) electrons. The van der Waals surface area contributed by atoms with Gasteiger partial charge in [0.25, 0.3) is 0 Å². The van der Waals surface area contributed by atoms with E-state index in [1.807, 2.05) is 13.1 Å². The number of thiazole rings is 1. The fourth-order valence-electron chi connectivity index (χ4n) is 1.58. The molecule has 0 aliphatic heterocycles. The Kier molecular flexibility index (Phi) is 3.57. The average molecular weight is 232 g/mol.